The van der Waals surface area contributed by atoms with Crippen LogP contribution in [-0.2, 0) is 23.2 Å². The molecule has 0 saturated heterocycles. The van der Waals surface area contributed by atoms with E-state index in [0.717, 1.165) is 0 Å². The molecule has 0 spiro atoms. The summed E-state index contributed by atoms with van der Waals surface area (Å²) < 4.78 is 22.8. The monoisotopic (exact) mass is 196 g/mol. The van der Waals surface area contributed by atoms with Gasteiger partial charge in [-0.25, -0.2) is 0 Å². The zero-order chi connectivity index (χ0) is 8.08. The van der Waals surface area contributed by atoms with Gasteiger partial charge in [0.2, 0.25) is 0 Å². The van der Waals surface area contributed by atoms with Crippen LogP contribution in [0.4, 0.5) is 0 Å². The molecule has 0 aliphatic carbocycles. The number of hydrogen-bond acceptors (Lipinski definition) is 2. The van der Waals surface area contributed by atoms with Crippen LogP contribution in [0.1, 0.15) is 0 Å². The van der Waals surface area contributed by atoms with E-state index in [1.165, 1.54) is 0 Å². The van der Waals surface area contributed by atoms with Gasteiger partial charge in [0.25, 0.3) is 11.4 Å². The molecule has 0 aromatic rings. The Morgan fingerprint density at radius 1 is 1.22 bits per heavy atom. The van der Waals surface area contributed by atoms with E-state index in [2.05, 4.69) is 11.8 Å². The van der Waals surface area contributed by atoms with Crippen molar-refractivity contribution in [2.75, 3.05) is 0 Å². The largest absolute Gasteiger partial charge is 0.325 e. The van der Waals surface area contributed by atoms with Crippen LogP contribution in [0.2, 0.25) is 0 Å². The van der Waals surface area contributed by atoms with E-state index in [9.17, 15) is 0 Å². The highest BCUT2D eigenvalue weighted by molar-refractivity contribution is 8.06. The van der Waals surface area contributed by atoms with Crippen molar-refractivity contribution in [1.82, 2.24) is 0 Å². The maximum Gasteiger partial charge on any atom is 0.319 e. The van der Waals surface area contributed by atoms with E-state index in [1.54, 1.807) is 0 Å². The topological polar surface area (TPSA) is 118 Å². The Balaban J connectivity index is 0. The minimum atomic E-state index is -3.81. The first-order chi connectivity index (χ1) is 3.73. The number of hydrogen-bond donors (Lipinski definition) is 5. The predicted octanol–water partition coefficient (Wildman–Crippen LogP) is -1.13. The molecular weight excluding hydrogens is 191 g/mol. The quantitative estimate of drug-likeness (QED) is 0.245. The fourth-order valence-electron chi connectivity index (χ4n) is 0. The highest BCUT2D eigenvalue weighted by atomic mass is 32.5. The molecule has 0 amide bonds. The molecule has 0 rings (SSSR count). The standard InChI is InChI=1S/H3O3PS.H2O3S/c1-4(2,3)5;1-4(2)3/h(H3,1,2,3,5);(H2,1,2,3). The molecule has 0 unspecified atom stereocenters. The van der Waals surface area contributed by atoms with Crippen molar-refractivity contribution in [2.45, 2.75) is 0 Å². The second kappa shape index (κ2) is 5.39. The Kier molecular flexibility index (Phi) is 7.36. The summed E-state index contributed by atoms with van der Waals surface area (Å²) in [6.45, 7) is -3.81. The van der Waals surface area contributed by atoms with Crippen molar-refractivity contribution in [3.05, 3.63) is 0 Å². The Hall–Kier alpha value is 0.600. The first-order valence-electron chi connectivity index (χ1n) is 1.31. The molecule has 6 nitrogen and oxygen atoms in total. The van der Waals surface area contributed by atoms with Crippen molar-refractivity contribution < 1.29 is 28.0 Å². The minimum Gasteiger partial charge on any atom is -0.325 e. The van der Waals surface area contributed by atoms with Crippen LogP contribution in [0.25, 0.3) is 0 Å². The summed E-state index contributed by atoms with van der Waals surface area (Å²) in [6, 6.07) is 0. The van der Waals surface area contributed by atoms with Crippen molar-refractivity contribution in [3.8, 4) is 0 Å². The average Bonchev–Trinajstić information content (AvgIpc) is 1.19. The lowest BCUT2D eigenvalue weighted by Crippen LogP contribution is -1.74. The van der Waals surface area contributed by atoms with Gasteiger partial charge in [0.15, 0.2) is 0 Å². The third kappa shape index (κ3) is 1040. The normalized spacial score (nSPS) is 10.4. The molecule has 9 heteroatoms. The van der Waals surface area contributed by atoms with Crippen molar-refractivity contribution in [2.24, 2.45) is 0 Å². The predicted molar refractivity (Wildman–Crippen MR) is 34.3 cm³/mol. The van der Waals surface area contributed by atoms with Crippen molar-refractivity contribution >= 4 is 29.9 Å². The second-order valence-corrected chi connectivity index (χ2v) is 3.70. The molecule has 0 bridgehead atoms. The van der Waals surface area contributed by atoms with Gasteiger partial charge in [-0.3, -0.25) is 9.11 Å². The Bertz CT molecular complexity index is 111. The molecule has 5 N–H and O–H groups in total. The molecule has 58 valence electrons. The lowest BCUT2D eigenvalue weighted by molar-refractivity contribution is 0.363. The fraction of sp³-hybridized carbons (Fsp3) is 0. The molecular formula is H5O6PS2. The molecule has 9 heavy (non-hydrogen) atoms. The van der Waals surface area contributed by atoms with Crippen LogP contribution in [0.5, 0.6) is 0 Å². The molecule has 0 aromatic carbocycles. The van der Waals surface area contributed by atoms with E-state index in [4.69, 9.17) is 28.0 Å². The maximum absolute atomic E-state index is 8.67. The fourth-order valence-corrected chi connectivity index (χ4v) is 0. The summed E-state index contributed by atoms with van der Waals surface area (Å²) in [5.74, 6) is 0. The molecule has 0 aliphatic rings. The Labute approximate surface area is 58.5 Å². The second-order valence-electron chi connectivity index (χ2n) is 0.744. The van der Waals surface area contributed by atoms with Gasteiger partial charge in [-0.1, -0.05) is 0 Å². The van der Waals surface area contributed by atoms with Crippen LogP contribution in [-0.4, -0.2) is 28.0 Å². The highest BCUT2D eigenvalue weighted by Gasteiger charge is 1.92. The third-order valence-corrected chi connectivity index (χ3v) is 0. The molecule has 0 saturated carbocycles. The van der Waals surface area contributed by atoms with Gasteiger partial charge in [-0.05, 0) is 11.8 Å². The van der Waals surface area contributed by atoms with Gasteiger partial charge in [-0.15, -0.1) is 0 Å². The minimum absolute atomic E-state index is 2.61. The summed E-state index contributed by atoms with van der Waals surface area (Å²) in [5, 5.41) is 0. The molecule has 0 aliphatic heterocycles. The summed E-state index contributed by atoms with van der Waals surface area (Å²) >= 11 is 0.993. The third-order valence-electron chi connectivity index (χ3n) is 0. The van der Waals surface area contributed by atoms with Crippen molar-refractivity contribution in [3.63, 3.8) is 0 Å². The first-order valence-corrected chi connectivity index (χ1v) is 5.04. The van der Waals surface area contributed by atoms with Gasteiger partial charge in [0.05, 0.1) is 0 Å². The van der Waals surface area contributed by atoms with Crippen LogP contribution in [0.15, 0.2) is 0 Å². The van der Waals surface area contributed by atoms with Gasteiger partial charge < -0.3 is 14.7 Å². The highest BCUT2D eigenvalue weighted by Crippen LogP contribution is 2.26. The average molecular weight is 196 g/mol. The summed E-state index contributed by atoms with van der Waals surface area (Å²) in [7, 11) is 0. The number of rotatable bonds is 0. The Morgan fingerprint density at radius 3 is 1.22 bits per heavy atom. The molecule has 0 heterocycles. The van der Waals surface area contributed by atoms with Crippen LogP contribution in [0.3, 0.4) is 0 Å². The van der Waals surface area contributed by atoms with E-state index in [1.807, 2.05) is 0 Å². The summed E-state index contributed by atoms with van der Waals surface area (Å²) in [5.41, 5.74) is 0. The molecule has 0 fully saturated rings. The van der Waals surface area contributed by atoms with Crippen LogP contribution < -0.4 is 0 Å². The molecule has 0 atom stereocenters. The summed E-state index contributed by atoms with van der Waals surface area (Å²) in [4.78, 5) is 22.7. The zero-order valence-corrected chi connectivity index (χ0v) is 6.44. The first kappa shape index (κ1) is 12.3. The van der Waals surface area contributed by atoms with E-state index in [0.29, 0.717) is 0 Å². The van der Waals surface area contributed by atoms with Gasteiger partial charge in [0.1, 0.15) is 0 Å². The van der Waals surface area contributed by atoms with Gasteiger partial charge in [0, 0.05) is 0 Å². The lowest BCUT2D eigenvalue weighted by atomic mass is 15.8. The summed E-state index contributed by atoms with van der Waals surface area (Å²) in [6.07, 6.45) is 0. The van der Waals surface area contributed by atoms with E-state index >= 15 is 0 Å². The molecule has 0 aromatic heterocycles. The van der Waals surface area contributed by atoms with Gasteiger partial charge in [-0.2, -0.15) is 4.21 Å². The zero-order valence-electron chi connectivity index (χ0n) is 3.91. The lowest BCUT2D eigenvalue weighted by Gasteiger charge is -1.88. The molecule has 0 radical (unpaired) electrons. The van der Waals surface area contributed by atoms with Crippen molar-refractivity contribution in [1.29, 1.82) is 0 Å². The van der Waals surface area contributed by atoms with Crippen LogP contribution in [0, 0.1) is 0 Å². The van der Waals surface area contributed by atoms with Crippen LogP contribution >= 0.6 is 6.72 Å². The SMILES string of the molecule is O=S(O)O.OP(O)(O)=S. The van der Waals surface area contributed by atoms with E-state index in [-0.39, 0.29) is 0 Å². The van der Waals surface area contributed by atoms with Gasteiger partial charge >= 0.3 is 6.72 Å². The maximum atomic E-state index is 8.67. The smallest absolute Gasteiger partial charge is 0.319 e. The Morgan fingerprint density at radius 2 is 1.22 bits per heavy atom. The van der Waals surface area contributed by atoms with E-state index < -0.39 is 18.1 Å².